The number of hydrogen-bond acceptors (Lipinski definition) is 7. The van der Waals surface area contributed by atoms with E-state index < -0.39 is 0 Å². The molecule has 0 spiro atoms. The smallest absolute Gasteiger partial charge is 0.194 e. The highest BCUT2D eigenvalue weighted by Gasteiger charge is 2.29. The van der Waals surface area contributed by atoms with Crippen molar-refractivity contribution in [2.24, 2.45) is 0 Å². The zero-order valence-electron chi connectivity index (χ0n) is 16.7. The third-order valence-corrected chi connectivity index (χ3v) is 5.84. The first-order valence-corrected chi connectivity index (χ1v) is 11.0. The Bertz CT molecular complexity index is 1060. The van der Waals surface area contributed by atoms with Gasteiger partial charge < -0.3 is 15.5 Å². The molecule has 0 unspecified atom stereocenters. The lowest BCUT2D eigenvalue weighted by atomic mass is 9.84. The molecular weight excluding hydrogens is 430 g/mol. The Kier molecular flexibility index (Phi) is 8.45. The van der Waals surface area contributed by atoms with Crippen LogP contribution >= 0.6 is 24.4 Å². The number of ketones is 2. The number of aliphatic hydroxyl groups is 2. The first-order chi connectivity index (χ1) is 15.0. The molecule has 3 aromatic carbocycles. The molecule has 7 heteroatoms. The van der Waals surface area contributed by atoms with Gasteiger partial charge in [-0.1, -0.05) is 36.0 Å². The molecule has 31 heavy (non-hydrogen) atoms. The van der Waals surface area contributed by atoms with E-state index >= 15 is 0 Å². The number of carbonyl (C=O) groups excluding carboxylic acids is 2. The van der Waals surface area contributed by atoms with E-state index in [9.17, 15) is 9.59 Å². The average Bonchev–Trinajstić information content (AvgIpc) is 2.80. The Balaban J connectivity index is 0.000000339. The van der Waals surface area contributed by atoms with Gasteiger partial charge in [-0.3, -0.25) is 9.59 Å². The van der Waals surface area contributed by atoms with Gasteiger partial charge in [-0.15, -0.1) is 12.6 Å². The fourth-order valence-corrected chi connectivity index (χ4v) is 4.08. The van der Waals surface area contributed by atoms with Crippen LogP contribution in [0.25, 0.3) is 0 Å². The normalized spacial score (nSPS) is 12.0. The predicted molar refractivity (Wildman–Crippen MR) is 125 cm³/mol. The highest BCUT2D eigenvalue weighted by atomic mass is 32.2. The van der Waals surface area contributed by atoms with Crippen LogP contribution in [0, 0.1) is 0 Å². The maximum absolute atomic E-state index is 12.7. The van der Waals surface area contributed by atoms with Crippen molar-refractivity contribution in [1.82, 2.24) is 5.32 Å². The molecule has 0 bridgehead atoms. The summed E-state index contributed by atoms with van der Waals surface area (Å²) in [6.45, 7) is 1.42. The molecular formula is C24H23NO4S2. The van der Waals surface area contributed by atoms with Crippen molar-refractivity contribution in [3.05, 3.63) is 89.0 Å². The Labute approximate surface area is 190 Å². The summed E-state index contributed by atoms with van der Waals surface area (Å²) in [5.41, 5.74) is 1.93. The summed E-state index contributed by atoms with van der Waals surface area (Å²) in [6.07, 6.45) is 0. The topological polar surface area (TPSA) is 86.6 Å². The van der Waals surface area contributed by atoms with Gasteiger partial charge in [0.15, 0.2) is 11.6 Å². The van der Waals surface area contributed by atoms with E-state index in [4.69, 9.17) is 10.2 Å². The molecule has 0 fully saturated rings. The average molecular weight is 454 g/mol. The van der Waals surface area contributed by atoms with Crippen LogP contribution in [0.2, 0.25) is 0 Å². The monoisotopic (exact) mass is 453 g/mol. The molecule has 160 valence electrons. The minimum atomic E-state index is -0.0895. The fourth-order valence-electron chi connectivity index (χ4n) is 3.08. The van der Waals surface area contributed by atoms with E-state index in [1.807, 2.05) is 36.4 Å². The second-order valence-corrected chi connectivity index (χ2v) is 8.37. The molecule has 0 saturated heterocycles. The summed E-state index contributed by atoms with van der Waals surface area (Å²) >= 11 is 5.84. The van der Waals surface area contributed by atoms with Crippen molar-refractivity contribution in [2.45, 2.75) is 14.7 Å². The number of nitrogens with one attached hydrogen (secondary N) is 1. The van der Waals surface area contributed by atoms with Crippen LogP contribution in [0.15, 0.2) is 81.4 Å². The lowest BCUT2D eigenvalue weighted by Crippen LogP contribution is -2.21. The molecule has 4 rings (SSSR count). The largest absolute Gasteiger partial charge is 0.395 e. The number of benzene rings is 3. The van der Waals surface area contributed by atoms with E-state index in [1.54, 1.807) is 42.1 Å². The molecule has 0 heterocycles. The van der Waals surface area contributed by atoms with Gasteiger partial charge >= 0.3 is 0 Å². The van der Waals surface area contributed by atoms with E-state index in [1.165, 1.54) is 0 Å². The Morgan fingerprint density at radius 3 is 1.81 bits per heavy atom. The van der Waals surface area contributed by atoms with Gasteiger partial charge in [0.25, 0.3) is 0 Å². The molecule has 0 aromatic heterocycles. The van der Waals surface area contributed by atoms with E-state index in [0.29, 0.717) is 35.3 Å². The van der Waals surface area contributed by atoms with Gasteiger partial charge in [-0.2, -0.15) is 0 Å². The zero-order chi connectivity index (χ0) is 22.2. The molecule has 3 aromatic rings. The van der Waals surface area contributed by atoms with Crippen molar-refractivity contribution in [1.29, 1.82) is 0 Å². The summed E-state index contributed by atoms with van der Waals surface area (Å²) in [5.74, 6) is -0.176. The molecule has 1 aliphatic rings. The van der Waals surface area contributed by atoms with Gasteiger partial charge in [0.05, 0.1) is 13.2 Å². The van der Waals surface area contributed by atoms with Crippen molar-refractivity contribution >= 4 is 36.0 Å². The van der Waals surface area contributed by atoms with E-state index in [0.717, 1.165) is 14.7 Å². The highest BCUT2D eigenvalue weighted by molar-refractivity contribution is 7.99. The van der Waals surface area contributed by atoms with E-state index in [2.05, 4.69) is 17.9 Å². The lowest BCUT2D eigenvalue weighted by Gasteiger charge is -2.17. The molecule has 0 aliphatic heterocycles. The number of rotatable bonds is 6. The van der Waals surface area contributed by atoms with Crippen molar-refractivity contribution in [3.8, 4) is 0 Å². The third-order valence-electron chi connectivity index (χ3n) is 4.55. The van der Waals surface area contributed by atoms with Crippen molar-refractivity contribution in [2.75, 3.05) is 26.3 Å². The fraction of sp³-hybridized carbons (Fsp3) is 0.167. The van der Waals surface area contributed by atoms with Crippen LogP contribution in [0.4, 0.5) is 0 Å². The number of fused-ring (bicyclic) bond motifs is 2. The Morgan fingerprint density at radius 1 is 0.710 bits per heavy atom. The molecule has 5 nitrogen and oxygen atoms in total. The summed E-state index contributed by atoms with van der Waals surface area (Å²) in [6, 6.07) is 20.2. The first kappa shape index (κ1) is 23.2. The molecule has 0 radical (unpaired) electrons. The summed E-state index contributed by atoms with van der Waals surface area (Å²) in [5, 5.41) is 19.1. The minimum absolute atomic E-state index is 0.0869. The summed E-state index contributed by atoms with van der Waals surface area (Å²) in [7, 11) is 0. The third kappa shape index (κ3) is 5.84. The van der Waals surface area contributed by atoms with Gasteiger partial charge in [0, 0.05) is 50.0 Å². The van der Waals surface area contributed by atoms with Crippen molar-refractivity contribution in [3.63, 3.8) is 0 Å². The van der Waals surface area contributed by atoms with Gasteiger partial charge in [-0.05, 0) is 42.5 Å². The van der Waals surface area contributed by atoms with Crippen LogP contribution in [0.5, 0.6) is 0 Å². The maximum atomic E-state index is 12.7. The second kappa shape index (κ2) is 11.3. The number of hydrogen-bond donors (Lipinski definition) is 4. The Hall–Kier alpha value is -2.42. The van der Waals surface area contributed by atoms with Gasteiger partial charge in [0.1, 0.15) is 0 Å². The highest BCUT2D eigenvalue weighted by Crippen LogP contribution is 2.33. The SMILES string of the molecule is O=C1c2ccccc2C(=O)c2cc(Sc3ccc(S)cc3)ccc21.OCCNCCO. The molecule has 0 saturated carbocycles. The van der Waals surface area contributed by atoms with Crippen LogP contribution in [-0.2, 0) is 0 Å². The van der Waals surface area contributed by atoms with Gasteiger partial charge in [0.2, 0.25) is 0 Å². The van der Waals surface area contributed by atoms with Crippen molar-refractivity contribution < 1.29 is 19.8 Å². The predicted octanol–water partition coefficient (Wildman–Crippen LogP) is 3.46. The molecule has 0 atom stereocenters. The minimum Gasteiger partial charge on any atom is -0.395 e. The molecule has 3 N–H and O–H groups in total. The van der Waals surface area contributed by atoms with Crippen LogP contribution in [0.1, 0.15) is 31.8 Å². The second-order valence-electron chi connectivity index (χ2n) is 6.70. The maximum Gasteiger partial charge on any atom is 0.194 e. The van der Waals surface area contributed by atoms with Crippen LogP contribution in [0.3, 0.4) is 0 Å². The lowest BCUT2D eigenvalue weighted by molar-refractivity contribution is 0.0979. The van der Waals surface area contributed by atoms with Gasteiger partial charge in [-0.25, -0.2) is 0 Å². The summed E-state index contributed by atoms with van der Waals surface area (Å²) < 4.78 is 0. The van der Waals surface area contributed by atoms with E-state index in [-0.39, 0.29) is 24.8 Å². The number of carbonyl (C=O) groups is 2. The quantitative estimate of drug-likeness (QED) is 0.264. The first-order valence-electron chi connectivity index (χ1n) is 9.77. The van der Waals surface area contributed by atoms with Crippen LogP contribution < -0.4 is 5.32 Å². The molecule has 1 aliphatic carbocycles. The zero-order valence-corrected chi connectivity index (χ0v) is 18.5. The van der Waals surface area contributed by atoms with Crippen LogP contribution in [-0.4, -0.2) is 48.1 Å². The number of aliphatic hydroxyl groups excluding tert-OH is 2. The molecule has 0 amide bonds. The summed E-state index contributed by atoms with van der Waals surface area (Å²) in [4.78, 5) is 28.2. The Morgan fingerprint density at radius 2 is 1.23 bits per heavy atom. The standard InChI is InChI=1S/C20H12O2S2.C4H11NO2/c21-19-15-3-1-2-4-16(15)20(22)18-11-14(9-10-17(18)19)24-13-7-5-12(23)6-8-13;6-3-1-5-2-4-7/h1-11,23H;5-7H,1-4H2. The number of thiol groups is 1.